The zero-order chi connectivity index (χ0) is 14.4. The molecule has 1 heterocycles. The molecule has 2 N–H and O–H groups in total. The van der Waals surface area contributed by atoms with Crippen LogP contribution in [-0.4, -0.2) is 44.8 Å². The second-order valence-corrected chi connectivity index (χ2v) is 5.08. The molecular formula is C13H17N3O3S. The van der Waals surface area contributed by atoms with Crippen LogP contribution in [0.4, 0.5) is 5.13 Å². The van der Waals surface area contributed by atoms with Gasteiger partial charge >= 0.3 is 0 Å². The predicted molar refractivity (Wildman–Crippen MR) is 79.5 cm³/mol. The Morgan fingerprint density at radius 2 is 2.25 bits per heavy atom. The first-order valence-electron chi connectivity index (χ1n) is 6.17. The molecule has 7 heteroatoms. The minimum atomic E-state index is -0.0844. The molecule has 0 aliphatic rings. The van der Waals surface area contributed by atoms with E-state index in [2.05, 4.69) is 15.6 Å². The van der Waals surface area contributed by atoms with Gasteiger partial charge in [-0.05, 0) is 18.2 Å². The van der Waals surface area contributed by atoms with Gasteiger partial charge in [0.25, 0.3) is 0 Å². The van der Waals surface area contributed by atoms with Gasteiger partial charge < -0.3 is 20.1 Å². The summed E-state index contributed by atoms with van der Waals surface area (Å²) in [6, 6.07) is 5.69. The van der Waals surface area contributed by atoms with E-state index in [0.717, 1.165) is 21.1 Å². The summed E-state index contributed by atoms with van der Waals surface area (Å²) in [5.41, 5.74) is 0.887. The van der Waals surface area contributed by atoms with E-state index in [9.17, 15) is 4.79 Å². The second kappa shape index (κ2) is 7.06. The Kier molecular flexibility index (Phi) is 5.14. The van der Waals surface area contributed by atoms with Gasteiger partial charge in [-0.2, -0.15) is 0 Å². The minimum Gasteiger partial charge on any atom is -0.497 e. The van der Waals surface area contributed by atoms with Crippen molar-refractivity contribution in [2.24, 2.45) is 0 Å². The number of thiazole rings is 1. The molecule has 0 aliphatic heterocycles. The van der Waals surface area contributed by atoms with Crippen LogP contribution < -0.4 is 15.4 Å². The van der Waals surface area contributed by atoms with E-state index in [1.165, 1.54) is 11.3 Å². The van der Waals surface area contributed by atoms with Gasteiger partial charge in [0.05, 0.1) is 30.5 Å². The van der Waals surface area contributed by atoms with Crippen LogP contribution >= 0.6 is 11.3 Å². The lowest BCUT2D eigenvalue weighted by Gasteiger charge is -2.04. The summed E-state index contributed by atoms with van der Waals surface area (Å²) >= 11 is 1.49. The molecule has 20 heavy (non-hydrogen) atoms. The number of rotatable bonds is 7. The Balaban J connectivity index is 1.91. The van der Waals surface area contributed by atoms with Crippen molar-refractivity contribution in [2.45, 2.75) is 0 Å². The number of methoxy groups -OCH3 is 2. The van der Waals surface area contributed by atoms with Crippen molar-refractivity contribution in [2.75, 3.05) is 39.2 Å². The highest BCUT2D eigenvalue weighted by atomic mass is 32.1. The summed E-state index contributed by atoms with van der Waals surface area (Å²) in [6.07, 6.45) is 0. The molecule has 0 spiro atoms. The van der Waals surface area contributed by atoms with Crippen molar-refractivity contribution in [1.29, 1.82) is 0 Å². The van der Waals surface area contributed by atoms with Gasteiger partial charge in [-0.3, -0.25) is 4.79 Å². The van der Waals surface area contributed by atoms with E-state index >= 15 is 0 Å². The summed E-state index contributed by atoms with van der Waals surface area (Å²) in [5, 5.41) is 6.47. The first kappa shape index (κ1) is 14.5. The highest BCUT2D eigenvalue weighted by molar-refractivity contribution is 7.22. The van der Waals surface area contributed by atoms with Gasteiger partial charge in [0.2, 0.25) is 5.91 Å². The number of aromatic nitrogens is 1. The summed E-state index contributed by atoms with van der Waals surface area (Å²) in [4.78, 5) is 15.9. The number of hydrogen-bond donors (Lipinski definition) is 2. The third-order valence-corrected chi connectivity index (χ3v) is 3.60. The SMILES string of the molecule is COCCNC(=O)CNc1nc2ccc(OC)cc2s1. The zero-order valence-corrected chi connectivity index (χ0v) is 12.3. The van der Waals surface area contributed by atoms with Crippen molar-refractivity contribution < 1.29 is 14.3 Å². The Morgan fingerprint density at radius 1 is 1.40 bits per heavy atom. The molecule has 1 amide bonds. The van der Waals surface area contributed by atoms with E-state index < -0.39 is 0 Å². The molecule has 2 aromatic rings. The molecule has 0 saturated carbocycles. The summed E-state index contributed by atoms with van der Waals surface area (Å²) in [7, 11) is 3.23. The first-order valence-corrected chi connectivity index (χ1v) is 6.98. The molecular weight excluding hydrogens is 278 g/mol. The number of anilines is 1. The Hall–Kier alpha value is -1.86. The van der Waals surface area contributed by atoms with Crippen molar-refractivity contribution in [3.8, 4) is 5.75 Å². The van der Waals surface area contributed by atoms with Gasteiger partial charge in [0.15, 0.2) is 5.13 Å². The van der Waals surface area contributed by atoms with Crippen LogP contribution in [0.25, 0.3) is 10.2 Å². The molecule has 1 aromatic heterocycles. The van der Waals surface area contributed by atoms with E-state index in [1.54, 1.807) is 14.2 Å². The van der Waals surface area contributed by atoms with Gasteiger partial charge in [0.1, 0.15) is 5.75 Å². The lowest BCUT2D eigenvalue weighted by atomic mass is 10.3. The summed E-state index contributed by atoms with van der Waals surface area (Å²) in [6.45, 7) is 1.21. The van der Waals surface area contributed by atoms with E-state index in [0.29, 0.717) is 13.2 Å². The smallest absolute Gasteiger partial charge is 0.239 e. The molecule has 1 aromatic carbocycles. The number of fused-ring (bicyclic) bond motifs is 1. The van der Waals surface area contributed by atoms with Crippen molar-refractivity contribution >= 4 is 32.6 Å². The topological polar surface area (TPSA) is 72.5 Å². The molecule has 0 aliphatic carbocycles. The minimum absolute atomic E-state index is 0.0844. The van der Waals surface area contributed by atoms with E-state index in [-0.39, 0.29) is 12.5 Å². The number of nitrogens with zero attached hydrogens (tertiary/aromatic N) is 1. The van der Waals surface area contributed by atoms with Crippen LogP contribution in [0, 0.1) is 0 Å². The number of nitrogens with one attached hydrogen (secondary N) is 2. The first-order chi connectivity index (χ1) is 9.72. The Morgan fingerprint density at radius 3 is 3.00 bits per heavy atom. The fourth-order valence-electron chi connectivity index (χ4n) is 1.62. The monoisotopic (exact) mass is 295 g/mol. The molecule has 2 rings (SSSR count). The zero-order valence-electron chi connectivity index (χ0n) is 11.4. The number of carbonyl (C=O) groups is 1. The number of ether oxygens (including phenoxy) is 2. The molecule has 0 unspecified atom stereocenters. The van der Waals surface area contributed by atoms with Crippen LogP contribution in [-0.2, 0) is 9.53 Å². The highest BCUT2D eigenvalue weighted by Gasteiger charge is 2.06. The maximum Gasteiger partial charge on any atom is 0.239 e. The highest BCUT2D eigenvalue weighted by Crippen LogP contribution is 2.28. The molecule has 6 nitrogen and oxygen atoms in total. The lowest BCUT2D eigenvalue weighted by Crippen LogP contribution is -2.32. The molecule has 0 radical (unpaired) electrons. The fraction of sp³-hybridized carbons (Fsp3) is 0.385. The average molecular weight is 295 g/mol. The third kappa shape index (κ3) is 3.82. The van der Waals surface area contributed by atoms with Crippen molar-refractivity contribution in [1.82, 2.24) is 10.3 Å². The van der Waals surface area contributed by atoms with Crippen LogP contribution in [0.15, 0.2) is 18.2 Å². The average Bonchev–Trinajstić information content (AvgIpc) is 2.87. The standard InChI is InChI=1S/C13H17N3O3S/c1-18-6-5-14-12(17)8-15-13-16-10-4-3-9(19-2)7-11(10)20-13/h3-4,7H,5-6,8H2,1-2H3,(H,14,17)(H,15,16). The Labute approximate surface area is 121 Å². The second-order valence-electron chi connectivity index (χ2n) is 4.05. The summed E-state index contributed by atoms with van der Waals surface area (Å²) < 4.78 is 11.0. The van der Waals surface area contributed by atoms with E-state index in [4.69, 9.17) is 9.47 Å². The van der Waals surface area contributed by atoms with Gasteiger partial charge in [-0.15, -0.1) is 0 Å². The molecule has 0 bridgehead atoms. The van der Waals surface area contributed by atoms with Crippen molar-refractivity contribution in [3.63, 3.8) is 0 Å². The van der Waals surface area contributed by atoms with Crippen LogP contribution in [0.3, 0.4) is 0 Å². The number of benzene rings is 1. The summed E-state index contributed by atoms with van der Waals surface area (Å²) in [5.74, 6) is 0.712. The molecule has 0 saturated heterocycles. The van der Waals surface area contributed by atoms with Crippen LogP contribution in [0.1, 0.15) is 0 Å². The largest absolute Gasteiger partial charge is 0.497 e. The maximum atomic E-state index is 11.5. The van der Waals surface area contributed by atoms with Gasteiger partial charge in [0, 0.05) is 13.7 Å². The third-order valence-electron chi connectivity index (χ3n) is 2.62. The van der Waals surface area contributed by atoms with Crippen LogP contribution in [0.2, 0.25) is 0 Å². The van der Waals surface area contributed by atoms with E-state index in [1.807, 2.05) is 18.2 Å². The van der Waals surface area contributed by atoms with Gasteiger partial charge in [-0.25, -0.2) is 4.98 Å². The number of carbonyl (C=O) groups excluding carboxylic acids is 1. The Bertz CT molecular complexity index is 585. The lowest BCUT2D eigenvalue weighted by molar-refractivity contribution is -0.119. The number of hydrogen-bond acceptors (Lipinski definition) is 6. The van der Waals surface area contributed by atoms with Gasteiger partial charge in [-0.1, -0.05) is 11.3 Å². The maximum absolute atomic E-state index is 11.5. The predicted octanol–water partition coefficient (Wildman–Crippen LogP) is 1.48. The van der Waals surface area contributed by atoms with Crippen molar-refractivity contribution in [3.05, 3.63) is 18.2 Å². The fourth-order valence-corrected chi connectivity index (χ4v) is 2.51. The number of amides is 1. The molecule has 0 atom stereocenters. The normalized spacial score (nSPS) is 10.5. The quantitative estimate of drug-likeness (QED) is 0.757. The molecule has 0 fully saturated rings. The van der Waals surface area contributed by atoms with Crippen LogP contribution in [0.5, 0.6) is 5.75 Å². The molecule has 108 valence electrons.